The first-order valence-corrected chi connectivity index (χ1v) is 7.31. The number of nitrogens with one attached hydrogen (secondary N) is 1. The van der Waals surface area contributed by atoms with Gasteiger partial charge in [0.2, 0.25) is 0 Å². The van der Waals surface area contributed by atoms with Crippen LogP contribution in [0.1, 0.15) is 36.9 Å². The largest absolute Gasteiger partial charge is 0.501 e. The van der Waals surface area contributed by atoms with Crippen molar-refractivity contribution in [2.24, 2.45) is 0 Å². The zero-order valence-electron chi connectivity index (χ0n) is 11.0. The van der Waals surface area contributed by atoms with Crippen LogP contribution in [0, 0.1) is 6.92 Å². The van der Waals surface area contributed by atoms with Crippen molar-refractivity contribution < 1.29 is 4.74 Å². The molecule has 2 rings (SSSR count). The predicted molar refractivity (Wildman–Crippen MR) is 78.6 cm³/mol. The van der Waals surface area contributed by atoms with E-state index in [0.717, 1.165) is 30.5 Å². The number of halogens is 1. The maximum atomic E-state index is 5.48. The average Bonchev–Trinajstić information content (AvgIpc) is 2.38. The summed E-state index contributed by atoms with van der Waals surface area (Å²) in [6, 6.07) is 6.76. The van der Waals surface area contributed by atoms with Crippen molar-refractivity contribution in [3.8, 4) is 0 Å². The molecular weight excluding hydrogens is 290 g/mol. The molecule has 1 aliphatic heterocycles. The summed E-state index contributed by atoms with van der Waals surface area (Å²) in [4.78, 5) is 0. The maximum absolute atomic E-state index is 5.48. The number of hydrogen-bond donors (Lipinski definition) is 1. The van der Waals surface area contributed by atoms with E-state index in [1.54, 1.807) is 0 Å². The minimum absolute atomic E-state index is 0.281. The molecule has 2 nitrogen and oxygen atoms in total. The lowest BCUT2D eigenvalue weighted by atomic mass is 9.92. The fourth-order valence-corrected chi connectivity index (χ4v) is 2.88. The van der Waals surface area contributed by atoms with Crippen molar-refractivity contribution in [1.82, 2.24) is 5.32 Å². The molecule has 0 spiro atoms. The van der Waals surface area contributed by atoms with Crippen LogP contribution < -0.4 is 5.32 Å². The Morgan fingerprint density at radius 2 is 2.28 bits per heavy atom. The van der Waals surface area contributed by atoms with Gasteiger partial charge in [-0.3, -0.25) is 0 Å². The van der Waals surface area contributed by atoms with Crippen molar-refractivity contribution >= 4 is 15.9 Å². The Bertz CT molecular complexity index is 442. The quantitative estimate of drug-likeness (QED) is 0.904. The Balaban J connectivity index is 2.31. The Morgan fingerprint density at radius 1 is 1.44 bits per heavy atom. The van der Waals surface area contributed by atoms with Crippen molar-refractivity contribution in [1.29, 1.82) is 0 Å². The number of likely N-dealkylation sites (N-methyl/N-ethyl adjacent to an activating group) is 1. The fraction of sp³-hybridized carbons (Fsp3) is 0.467. The third-order valence-electron chi connectivity index (χ3n) is 3.28. The first kappa shape index (κ1) is 13.6. The third kappa shape index (κ3) is 3.15. The van der Waals surface area contributed by atoms with Crippen LogP contribution in [0.2, 0.25) is 0 Å². The lowest BCUT2D eigenvalue weighted by Crippen LogP contribution is -2.25. The highest BCUT2D eigenvalue weighted by Crippen LogP contribution is 2.30. The van der Waals surface area contributed by atoms with Crippen molar-refractivity contribution in [3.63, 3.8) is 0 Å². The minimum Gasteiger partial charge on any atom is -0.501 e. The smallest absolute Gasteiger partial charge is 0.0876 e. The molecule has 1 heterocycles. The summed E-state index contributed by atoms with van der Waals surface area (Å²) < 4.78 is 6.62. The highest BCUT2D eigenvalue weighted by molar-refractivity contribution is 9.10. The monoisotopic (exact) mass is 309 g/mol. The van der Waals surface area contributed by atoms with Gasteiger partial charge in [0.1, 0.15) is 0 Å². The molecule has 3 heteroatoms. The molecule has 1 aromatic carbocycles. The zero-order valence-corrected chi connectivity index (χ0v) is 12.6. The summed E-state index contributed by atoms with van der Waals surface area (Å²) >= 11 is 3.52. The van der Waals surface area contributed by atoms with Gasteiger partial charge >= 0.3 is 0 Å². The van der Waals surface area contributed by atoms with Gasteiger partial charge in [-0.05, 0) is 55.1 Å². The summed E-state index contributed by atoms with van der Waals surface area (Å²) in [6.07, 6.45) is 4.18. The molecule has 1 aromatic rings. The maximum Gasteiger partial charge on any atom is 0.0876 e. The summed E-state index contributed by atoms with van der Waals surface area (Å²) in [7, 11) is 0. The van der Waals surface area contributed by atoms with Crippen molar-refractivity contribution in [2.75, 3.05) is 13.2 Å². The van der Waals surface area contributed by atoms with Crippen LogP contribution in [0.5, 0.6) is 0 Å². The van der Waals surface area contributed by atoms with E-state index >= 15 is 0 Å². The molecule has 0 saturated carbocycles. The topological polar surface area (TPSA) is 21.3 Å². The van der Waals surface area contributed by atoms with Gasteiger partial charge < -0.3 is 10.1 Å². The molecule has 1 atom stereocenters. The first-order valence-electron chi connectivity index (χ1n) is 6.52. The Labute approximate surface area is 118 Å². The standard InChI is InChI=1S/C15H20BrNO/c1-3-17-15(12-5-4-8-18-10-12)14-7-6-13(16)9-11(14)2/h6-7,9-10,15,17H,3-5,8H2,1-2H3. The molecule has 18 heavy (non-hydrogen) atoms. The number of benzene rings is 1. The summed E-state index contributed by atoms with van der Waals surface area (Å²) in [5, 5.41) is 3.57. The van der Waals surface area contributed by atoms with E-state index < -0.39 is 0 Å². The molecule has 0 amide bonds. The number of rotatable bonds is 4. The average molecular weight is 310 g/mol. The molecule has 1 unspecified atom stereocenters. The molecule has 0 saturated heterocycles. The van der Waals surface area contributed by atoms with Crippen LogP contribution in [0.15, 0.2) is 34.5 Å². The minimum atomic E-state index is 0.281. The lowest BCUT2D eigenvalue weighted by molar-refractivity contribution is 0.219. The predicted octanol–water partition coefficient (Wildman–Crippen LogP) is 4.10. The van der Waals surface area contributed by atoms with Gasteiger partial charge in [0.25, 0.3) is 0 Å². The van der Waals surface area contributed by atoms with Gasteiger partial charge in [-0.15, -0.1) is 0 Å². The number of hydrogen-bond acceptors (Lipinski definition) is 2. The van der Waals surface area contributed by atoms with Crippen LogP contribution in [0.3, 0.4) is 0 Å². The molecular formula is C15H20BrNO. The molecule has 0 aliphatic carbocycles. The second kappa shape index (κ2) is 6.39. The molecule has 0 aromatic heterocycles. The number of aryl methyl sites for hydroxylation is 1. The Kier molecular flexibility index (Phi) is 4.84. The third-order valence-corrected chi connectivity index (χ3v) is 3.78. The van der Waals surface area contributed by atoms with Crippen LogP contribution in [-0.2, 0) is 4.74 Å². The molecule has 1 aliphatic rings. The van der Waals surface area contributed by atoms with Gasteiger partial charge in [0, 0.05) is 4.47 Å². The van der Waals surface area contributed by atoms with Gasteiger partial charge in [0.05, 0.1) is 18.9 Å². The van der Waals surface area contributed by atoms with E-state index in [-0.39, 0.29) is 6.04 Å². The molecule has 0 radical (unpaired) electrons. The number of ether oxygens (including phenoxy) is 1. The Hall–Kier alpha value is -0.800. The van der Waals surface area contributed by atoms with Crippen LogP contribution >= 0.6 is 15.9 Å². The van der Waals surface area contributed by atoms with Crippen molar-refractivity contribution in [3.05, 3.63) is 45.6 Å². The zero-order chi connectivity index (χ0) is 13.0. The molecule has 0 fully saturated rings. The van der Waals surface area contributed by atoms with E-state index in [9.17, 15) is 0 Å². The fourth-order valence-electron chi connectivity index (χ4n) is 2.40. The van der Waals surface area contributed by atoms with Crippen LogP contribution in [-0.4, -0.2) is 13.2 Å². The van der Waals surface area contributed by atoms with E-state index in [2.05, 4.69) is 53.3 Å². The van der Waals surface area contributed by atoms with E-state index in [1.165, 1.54) is 16.7 Å². The highest BCUT2D eigenvalue weighted by atomic mass is 79.9. The second-order valence-corrected chi connectivity index (χ2v) is 5.57. The second-order valence-electron chi connectivity index (χ2n) is 4.66. The van der Waals surface area contributed by atoms with Crippen LogP contribution in [0.25, 0.3) is 0 Å². The van der Waals surface area contributed by atoms with Gasteiger partial charge in [-0.2, -0.15) is 0 Å². The van der Waals surface area contributed by atoms with Gasteiger partial charge in [0.15, 0.2) is 0 Å². The van der Waals surface area contributed by atoms with E-state index in [0.29, 0.717) is 0 Å². The first-order chi connectivity index (χ1) is 8.72. The SMILES string of the molecule is CCNC(C1=COCCC1)c1ccc(Br)cc1C. The lowest BCUT2D eigenvalue weighted by Gasteiger charge is -2.25. The molecule has 0 bridgehead atoms. The molecule has 98 valence electrons. The van der Waals surface area contributed by atoms with E-state index in [4.69, 9.17) is 4.74 Å². The van der Waals surface area contributed by atoms with E-state index in [1.807, 2.05) is 6.26 Å². The van der Waals surface area contributed by atoms with Gasteiger partial charge in [-0.25, -0.2) is 0 Å². The normalized spacial score (nSPS) is 16.9. The molecule has 1 N–H and O–H groups in total. The summed E-state index contributed by atoms with van der Waals surface area (Å²) in [6.45, 7) is 6.11. The Morgan fingerprint density at radius 3 is 2.89 bits per heavy atom. The van der Waals surface area contributed by atoms with Crippen LogP contribution in [0.4, 0.5) is 0 Å². The van der Waals surface area contributed by atoms with Crippen molar-refractivity contribution in [2.45, 2.75) is 32.7 Å². The highest BCUT2D eigenvalue weighted by Gasteiger charge is 2.19. The summed E-state index contributed by atoms with van der Waals surface area (Å²) in [5.41, 5.74) is 4.01. The van der Waals surface area contributed by atoms with Gasteiger partial charge in [-0.1, -0.05) is 28.9 Å². The summed E-state index contributed by atoms with van der Waals surface area (Å²) in [5.74, 6) is 0.